The van der Waals surface area contributed by atoms with E-state index in [1.54, 1.807) is 6.92 Å². The second-order valence-electron chi connectivity index (χ2n) is 3.86. The first-order valence-electron chi connectivity index (χ1n) is 4.52. The summed E-state index contributed by atoms with van der Waals surface area (Å²) in [5.41, 5.74) is 0.567. The summed E-state index contributed by atoms with van der Waals surface area (Å²) in [6, 6.07) is 0. The molecule has 0 aromatic rings. The van der Waals surface area contributed by atoms with Gasteiger partial charge in [-0.25, -0.2) is 0 Å². The smallest absolute Gasteiger partial charge is 0.246 e. The molecule has 3 heteroatoms. The topological polar surface area (TPSA) is 32.3 Å². The highest BCUT2D eigenvalue weighted by atomic mass is 16.1. The molecule has 1 unspecified atom stereocenters. The number of nitrogens with one attached hydrogen (secondary N) is 1. The van der Waals surface area contributed by atoms with Crippen LogP contribution in [0.4, 0.5) is 0 Å². The van der Waals surface area contributed by atoms with E-state index in [0.717, 1.165) is 6.54 Å². The molecule has 0 aromatic heterocycles. The van der Waals surface area contributed by atoms with E-state index in [1.807, 2.05) is 14.1 Å². The molecule has 0 radical (unpaired) electrons. The molecule has 1 N–H and O–H groups in total. The third-order valence-corrected chi connectivity index (χ3v) is 1.68. The van der Waals surface area contributed by atoms with Crippen LogP contribution in [0.25, 0.3) is 0 Å². The lowest BCUT2D eigenvalue weighted by molar-refractivity contribution is -0.117. The van der Waals surface area contributed by atoms with Crippen LogP contribution in [0.2, 0.25) is 0 Å². The summed E-state index contributed by atoms with van der Waals surface area (Å²) in [4.78, 5) is 13.2. The molecule has 0 bridgehead atoms. The van der Waals surface area contributed by atoms with Crippen molar-refractivity contribution in [2.75, 3.05) is 27.2 Å². The maximum atomic E-state index is 11.1. The van der Waals surface area contributed by atoms with Crippen molar-refractivity contribution in [3.05, 3.63) is 12.2 Å². The SMILES string of the molecule is C=C(C)C(=O)NCC(C)CN(C)C. The largest absolute Gasteiger partial charge is 0.352 e. The molecule has 0 aromatic carbocycles. The monoisotopic (exact) mass is 184 g/mol. The van der Waals surface area contributed by atoms with Gasteiger partial charge in [0.25, 0.3) is 0 Å². The summed E-state index contributed by atoms with van der Waals surface area (Å²) in [5, 5.41) is 2.82. The van der Waals surface area contributed by atoms with Gasteiger partial charge in [0.05, 0.1) is 0 Å². The summed E-state index contributed by atoms with van der Waals surface area (Å²) in [6.45, 7) is 9.09. The van der Waals surface area contributed by atoms with Crippen molar-refractivity contribution in [1.29, 1.82) is 0 Å². The van der Waals surface area contributed by atoms with Crippen LogP contribution in [0, 0.1) is 5.92 Å². The first-order chi connectivity index (χ1) is 5.93. The second-order valence-corrected chi connectivity index (χ2v) is 3.86. The zero-order valence-corrected chi connectivity index (χ0v) is 9.05. The lowest BCUT2D eigenvalue weighted by Gasteiger charge is -2.17. The Bertz CT molecular complexity index is 187. The summed E-state index contributed by atoms with van der Waals surface area (Å²) in [6.07, 6.45) is 0. The fourth-order valence-electron chi connectivity index (χ4n) is 1.11. The molecule has 0 aliphatic rings. The molecule has 3 nitrogen and oxygen atoms in total. The van der Waals surface area contributed by atoms with Gasteiger partial charge in [0.1, 0.15) is 0 Å². The first kappa shape index (κ1) is 12.2. The molecule has 0 rings (SSSR count). The minimum atomic E-state index is -0.0504. The molecule has 1 atom stereocenters. The molecular formula is C10H20N2O. The van der Waals surface area contributed by atoms with Gasteiger partial charge in [-0.05, 0) is 26.9 Å². The minimum absolute atomic E-state index is 0.0504. The van der Waals surface area contributed by atoms with Crippen LogP contribution < -0.4 is 5.32 Å². The van der Waals surface area contributed by atoms with Crippen molar-refractivity contribution >= 4 is 5.91 Å². The quantitative estimate of drug-likeness (QED) is 0.643. The van der Waals surface area contributed by atoms with Gasteiger partial charge in [0.15, 0.2) is 0 Å². The summed E-state index contributed by atoms with van der Waals surface area (Å²) >= 11 is 0. The normalized spacial score (nSPS) is 12.7. The summed E-state index contributed by atoms with van der Waals surface area (Å²) in [5.74, 6) is 0.420. The maximum Gasteiger partial charge on any atom is 0.246 e. The molecular weight excluding hydrogens is 164 g/mol. The number of amides is 1. The summed E-state index contributed by atoms with van der Waals surface area (Å²) < 4.78 is 0. The number of hydrogen-bond donors (Lipinski definition) is 1. The number of hydrogen-bond acceptors (Lipinski definition) is 2. The third kappa shape index (κ3) is 6.34. The van der Waals surface area contributed by atoms with Gasteiger partial charge in [-0.15, -0.1) is 0 Å². The van der Waals surface area contributed by atoms with Crippen molar-refractivity contribution in [2.24, 2.45) is 5.92 Å². The maximum absolute atomic E-state index is 11.1. The van der Waals surface area contributed by atoms with Crippen molar-refractivity contribution < 1.29 is 4.79 Å². The summed E-state index contributed by atoms with van der Waals surface area (Å²) in [7, 11) is 4.05. The van der Waals surface area contributed by atoms with E-state index < -0.39 is 0 Å². The molecule has 0 saturated carbocycles. The van der Waals surface area contributed by atoms with Crippen LogP contribution in [-0.2, 0) is 4.79 Å². The molecule has 1 amide bonds. The highest BCUT2D eigenvalue weighted by molar-refractivity contribution is 5.92. The number of carbonyl (C=O) groups excluding carboxylic acids is 1. The van der Waals surface area contributed by atoms with Crippen LogP contribution in [0.1, 0.15) is 13.8 Å². The van der Waals surface area contributed by atoms with Crippen molar-refractivity contribution in [1.82, 2.24) is 10.2 Å². The van der Waals surface area contributed by atoms with E-state index in [-0.39, 0.29) is 5.91 Å². The molecule has 0 aliphatic carbocycles. The van der Waals surface area contributed by atoms with Crippen molar-refractivity contribution in [3.8, 4) is 0 Å². The van der Waals surface area contributed by atoms with E-state index in [4.69, 9.17) is 0 Å². The Labute approximate surface area is 80.8 Å². The van der Waals surface area contributed by atoms with Gasteiger partial charge >= 0.3 is 0 Å². The van der Waals surface area contributed by atoms with E-state index in [9.17, 15) is 4.79 Å². The van der Waals surface area contributed by atoms with Crippen LogP contribution in [0.3, 0.4) is 0 Å². The zero-order chi connectivity index (χ0) is 10.4. The Kier molecular flexibility index (Phi) is 5.39. The van der Waals surface area contributed by atoms with Crippen LogP contribution in [-0.4, -0.2) is 38.0 Å². The second kappa shape index (κ2) is 5.75. The predicted molar refractivity (Wildman–Crippen MR) is 55.5 cm³/mol. The number of rotatable bonds is 5. The molecule has 13 heavy (non-hydrogen) atoms. The lowest BCUT2D eigenvalue weighted by atomic mass is 10.1. The van der Waals surface area contributed by atoms with E-state index in [0.29, 0.717) is 18.0 Å². The van der Waals surface area contributed by atoms with Crippen molar-refractivity contribution in [2.45, 2.75) is 13.8 Å². The number of carbonyl (C=O) groups is 1. The van der Waals surface area contributed by atoms with Gasteiger partial charge in [0, 0.05) is 18.7 Å². The van der Waals surface area contributed by atoms with Gasteiger partial charge in [-0.3, -0.25) is 4.79 Å². The predicted octanol–water partition coefficient (Wildman–Crippen LogP) is 0.876. The van der Waals surface area contributed by atoms with Crippen LogP contribution in [0.5, 0.6) is 0 Å². The molecule has 0 saturated heterocycles. The molecule has 0 fully saturated rings. The fraction of sp³-hybridized carbons (Fsp3) is 0.700. The zero-order valence-electron chi connectivity index (χ0n) is 9.05. The lowest BCUT2D eigenvalue weighted by Crippen LogP contribution is -2.32. The Balaban J connectivity index is 3.64. The van der Waals surface area contributed by atoms with Gasteiger partial charge in [-0.1, -0.05) is 13.5 Å². The third-order valence-electron chi connectivity index (χ3n) is 1.68. The van der Waals surface area contributed by atoms with Crippen LogP contribution in [0.15, 0.2) is 12.2 Å². The Morgan fingerprint density at radius 3 is 2.46 bits per heavy atom. The van der Waals surface area contributed by atoms with E-state index in [2.05, 4.69) is 23.7 Å². The average Bonchev–Trinajstić information content (AvgIpc) is 1.98. The highest BCUT2D eigenvalue weighted by Gasteiger charge is 2.06. The van der Waals surface area contributed by atoms with E-state index in [1.165, 1.54) is 0 Å². The molecule has 0 spiro atoms. The molecule has 0 aliphatic heterocycles. The Morgan fingerprint density at radius 1 is 1.54 bits per heavy atom. The Morgan fingerprint density at radius 2 is 2.08 bits per heavy atom. The van der Waals surface area contributed by atoms with E-state index >= 15 is 0 Å². The van der Waals surface area contributed by atoms with Gasteiger partial charge < -0.3 is 10.2 Å². The first-order valence-corrected chi connectivity index (χ1v) is 4.52. The molecule has 76 valence electrons. The number of nitrogens with zero attached hydrogens (tertiary/aromatic N) is 1. The van der Waals surface area contributed by atoms with Crippen LogP contribution >= 0.6 is 0 Å². The highest BCUT2D eigenvalue weighted by Crippen LogP contribution is 1.95. The minimum Gasteiger partial charge on any atom is -0.352 e. The fourth-order valence-corrected chi connectivity index (χ4v) is 1.11. The van der Waals surface area contributed by atoms with Gasteiger partial charge in [0.2, 0.25) is 5.91 Å². The molecule has 0 heterocycles. The van der Waals surface area contributed by atoms with Gasteiger partial charge in [-0.2, -0.15) is 0 Å². The standard InChI is InChI=1S/C10H20N2O/c1-8(2)10(13)11-6-9(3)7-12(4)5/h9H,1,6-7H2,2-5H3,(H,11,13). The van der Waals surface area contributed by atoms with Crippen molar-refractivity contribution in [3.63, 3.8) is 0 Å². The Hall–Kier alpha value is -0.830. The average molecular weight is 184 g/mol.